The van der Waals surface area contributed by atoms with Gasteiger partial charge in [0.25, 0.3) is 0 Å². The van der Waals surface area contributed by atoms with Crippen LogP contribution in [0.5, 0.6) is 0 Å². The minimum Gasteiger partial charge on any atom is -0.356 e. The molecule has 2 N–H and O–H groups in total. The summed E-state index contributed by atoms with van der Waals surface area (Å²) in [5.41, 5.74) is 2.33. The second-order valence-electron chi connectivity index (χ2n) is 2.64. The molecule has 0 saturated carbocycles. The van der Waals surface area contributed by atoms with Crippen LogP contribution in [0.25, 0.3) is 11.0 Å². The number of aromatic amines is 2. The molecule has 2 aromatic rings. The Morgan fingerprint density at radius 1 is 1.36 bits per heavy atom. The fourth-order valence-corrected chi connectivity index (χ4v) is 1.14. The van der Waals surface area contributed by atoms with Crippen LogP contribution in [0.2, 0.25) is 0 Å². The van der Waals surface area contributed by atoms with Crippen LogP contribution in [0.15, 0.2) is 24.3 Å². The smallest absolute Gasteiger partial charge is 0.249 e. The van der Waals surface area contributed by atoms with Gasteiger partial charge in [0, 0.05) is 6.92 Å². The monoisotopic (exact) mass is 195 g/mol. The van der Waals surface area contributed by atoms with Crippen molar-refractivity contribution in [3.05, 3.63) is 45.4 Å². The summed E-state index contributed by atoms with van der Waals surface area (Å²) in [6.45, 7) is 2.01. The lowest BCUT2D eigenvalue weighted by Crippen LogP contribution is -2.00. The zero-order chi connectivity index (χ0) is 10.6. The van der Waals surface area contributed by atoms with Gasteiger partial charge in [-0.3, -0.25) is 0 Å². The molecule has 0 aliphatic carbocycles. The van der Waals surface area contributed by atoms with Gasteiger partial charge >= 0.3 is 0 Å². The molecule has 2 rings (SSSR count). The van der Waals surface area contributed by atoms with E-state index in [-0.39, 0.29) is 0 Å². The third-order valence-corrected chi connectivity index (χ3v) is 1.57. The summed E-state index contributed by atoms with van der Waals surface area (Å²) in [7, 11) is 0. The summed E-state index contributed by atoms with van der Waals surface area (Å²) in [4.78, 5) is 14.7. The third kappa shape index (κ3) is 2.74. The Morgan fingerprint density at radius 2 is 1.93 bits per heavy atom. The van der Waals surface area contributed by atoms with Crippen molar-refractivity contribution in [2.75, 3.05) is 0 Å². The molecule has 1 aromatic carbocycles. The number of benzene rings is 1. The summed E-state index contributed by atoms with van der Waals surface area (Å²) < 4.78 is 0. The third-order valence-electron chi connectivity index (χ3n) is 1.57. The maximum atomic E-state index is 8.25. The van der Waals surface area contributed by atoms with E-state index in [1.54, 1.807) is 0 Å². The zero-order valence-electron chi connectivity index (χ0n) is 7.48. The number of rotatable bonds is 0. The molecule has 6 nitrogen and oxygen atoms in total. The molecule has 14 heavy (non-hydrogen) atoms. The normalized spacial score (nSPS) is 9.21. The number of fused-ring (bicyclic) bond motifs is 1. The van der Waals surface area contributed by atoms with Crippen molar-refractivity contribution in [2.45, 2.75) is 6.92 Å². The Kier molecular flexibility index (Phi) is 3.01. The molecule has 0 aliphatic rings. The SMILES string of the molecule is Cc1[nH]c2ccccc2[nH+]1.O=[N+]([O-])[O-]. The summed E-state index contributed by atoms with van der Waals surface area (Å²) in [6, 6.07) is 8.15. The molecule has 6 heteroatoms. The van der Waals surface area contributed by atoms with Gasteiger partial charge in [0.05, 0.1) is 5.09 Å². The molecular formula is C8H9N3O3. The topological polar surface area (TPSA) is 96.1 Å². The quantitative estimate of drug-likeness (QED) is 0.502. The molecule has 0 saturated heterocycles. The second kappa shape index (κ2) is 4.22. The molecule has 0 aliphatic heterocycles. The molecule has 0 spiro atoms. The van der Waals surface area contributed by atoms with Gasteiger partial charge in [-0.15, -0.1) is 0 Å². The molecule has 1 aromatic heterocycles. The van der Waals surface area contributed by atoms with Crippen LogP contribution >= 0.6 is 0 Å². The lowest BCUT2D eigenvalue weighted by Gasteiger charge is -1.76. The lowest BCUT2D eigenvalue weighted by atomic mass is 10.3. The Balaban J connectivity index is 0.000000213. The van der Waals surface area contributed by atoms with Crippen LogP contribution in [0.1, 0.15) is 5.82 Å². The van der Waals surface area contributed by atoms with Crippen molar-refractivity contribution in [1.82, 2.24) is 4.98 Å². The van der Waals surface area contributed by atoms with Gasteiger partial charge in [-0.1, -0.05) is 12.1 Å². The molecule has 74 valence electrons. The Morgan fingerprint density at radius 3 is 2.50 bits per heavy atom. The van der Waals surface area contributed by atoms with E-state index in [1.165, 1.54) is 11.0 Å². The number of hydrogen-bond acceptors (Lipinski definition) is 3. The summed E-state index contributed by atoms with van der Waals surface area (Å²) in [6.07, 6.45) is 0. The van der Waals surface area contributed by atoms with Crippen LogP contribution < -0.4 is 4.98 Å². The number of imidazole rings is 1. The Hall–Kier alpha value is -2.11. The van der Waals surface area contributed by atoms with Crippen LogP contribution in [0, 0.1) is 22.2 Å². The number of para-hydroxylation sites is 2. The molecule has 0 unspecified atom stereocenters. The molecule has 0 fully saturated rings. The summed E-state index contributed by atoms with van der Waals surface area (Å²) in [5, 5.41) is 14.8. The first-order valence-corrected chi connectivity index (χ1v) is 3.88. The van der Waals surface area contributed by atoms with E-state index in [9.17, 15) is 0 Å². The number of nitrogens with one attached hydrogen (secondary N) is 2. The minimum absolute atomic E-state index is 1.10. The first-order valence-electron chi connectivity index (χ1n) is 3.88. The molecule has 0 atom stereocenters. The highest BCUT2D eigenvalue weighted by molar-refractivity contribution is 5.70. The van der Waals surface area contributed by atoms with E-state index >= 15 is 0 Å². The van der Waals surface area contributed by atoms with Crippen molar-refractivity contribution in [3.63, 3.8) is 0 Å². The first-order chi connectivity index (χ1) is 6.59. The molecule has 0 radical (unpaired) electrons. The van der Waals surface area contributed by atoms with Gasteiger partial charge in [-0.25, -0.2) is 9.97 Å². The highest BCUT2D eigenvalue weighted by atomic mass is 16.9. The highest BCUT2D eigenvalue weighted by Crippen LogP contribution is 2.04. The fraction of sp³-hybridized carbons (Fsp3) is 0.125. The second-order valence-corrected chi connectivity index (χ2v) is 2.64. The largest absolute Gasteiger partial charge is 0.356 e. The van der Waals surface area contributed by atoms with E-state index in [2.05, 4.69) is 22.1 Å². The molecule has 0 amide bonds. The van der Waals surface area contributed by atoms with E-state index in [1.807, 2.05) is 19.1 Å². The fourth-order valence-electron chi connectivity index (χ4n) is 1.14. The number of hydrogen-bond donors (Lipinski definition) is 1. The van der Waals surface area contributed by atoms with E-state index in [4.69, 9.17) is 15.3 Å². The average molecular weight is 195 g/mol. The maximum absolute atomic E-state index is 8.25. The number of aromatic nitrogens is 2. The Bertz CT molecular complexity index is 401. The van der Waals surface area contributed by atoms with Crippen molar-refractivity contribution >= 4 is 11.0 Å². The van der Waals surface area contributed by atoms with Crippen molar-refractivity contribution in [1.29, 1.82) is 0 Å². The standard InChI is InChI=1S/C8H8N2.NO3/c1-6-9-7-4-2-3-5-8(7)10-6;2-1(3)4/h2-5H,1H3,(H,9,10);/q;-1/p+1. The van der Waals surface area contributed by atoms with Crippen molar-refractivity contribution in [3.8, 4) is 0 Å². The van der Waals surface area contributed by atoms with Gasteiger partial charge < -0.3 is 15.3 Å². The predicted octanol–water partition coefficient (Wildman–Crippen LogP) is 1.05. The molecule has 0 bridgehead atoms. The summed E-state index contributed by atoms with van der Waals surface area (Å²) >= 11 is 0. The predicted molar refractivity (Wildman–Crippen MR) is 50.0 cm³/mol. The van der Waals surface area contributed by atoms with Crippen molar-refractivity contribution < 1.29 is 10.1 Å². The zero-order valence-corrected chi connectivity index (χ0v) is 7.48. The van der Waals surface area contributed by atoms with Gasteiger partial charge in [0.15, 0.2) is 11.0 Å². The van der Waals surface area contributed by atoms with Crippen LogP contribution in [0.3, 0.4) is 0 Å². The van der Waals surface area contributed by atoms with E-state index in [0.29, 0.717) is 0 Å². The lowest BCUT2D eigenvalue weighted by molar-refractivity contribution is -0.402. The maximum Gasteiger partial charge on any atom is 0.249 e. The first kappa shape index (κ1) is 9.97. The van der Waals surface area contributed by atoms with Gasteiger partial charge in [-0.05, 0) is 12.1 Å². The van der Waals surface area contributed by atoms with Gasteiger partial charge in [0.2, 0.25) is 5.82 Å². The van der Waals surface area contributed by atoms with Crippen molar-refractivity contribution in [2.24, 2.45) is 0 Å². The van der Waals surface area contributed by atoms with Gasteiger partial charge in [0.1, 0.15) is 0 Å². The van der Waals surface area contributed by atoms with Crippen LogP contribution in [0.4, 0.5) is 0 Å². The van der Waals surface area contributed by atoms with E-state index in [0.717, 1.165) is 5.82 Å². The number of aryl methyl sites for hydroxylation is 1. The Labute approximate surface area is 79.3 Å². The number of H-pyrrole nitrogens is 2. The van der Waals surface area contributed by atoms with Gasteiger partial charge in [-0.2, -0.15) is 0 Å². The average Bonchev–Trinajstić information content (AvgIpc) is 2.42. The van der Waals surface area contributed by atoms with Crippen LogP contribution in [-0.2, 0) is 0 Å². The van der Waals surface area contributed by atoms with Crippen LogP contribution in [-0.4, -0.2) is 10.1 Å². The molecular weight excluding hydrogens is 186 g/mol. The number of nitrogens with zero attached hydrogens (tertiary/aromatic N) is 1. The minimum atomic E-state index is -1.75. The van der Waals surface area contributed by atoms with E-state index < -0.39 is 5.09 Å². The molecule has 1 heterocycles. The highest BCUT2D eigenvalue weighted by Gasteiger charge is 2.01. The summed E-state index contributed by atoms with van der Waals surface area (Å²) in [5.74, 6) is 1.10.